The Balaban J connectivity index is 2.12. The van der Waals surface area contributed by atoms with Gasteiger partial charge in [0.2, 0.25) is 0 Å². The molecule has 0 bridgehead atoms. The first-order chi connectivity index (χ1) is 12.0. The molecule has 1 aliphatic rings. The number of halogens is 1. The minimum Gasteiger partial charge on any atom is -0.489 e. The predicted molar refractivity (Wildman–Crippen MR) is 95.7 cm³/mol. The van der Waals surface area contributed by atoms with Crippen molar-refractivity contribution in [1.29, 1.82) is 0 Å². The minimum atomic E-state index is -0.662. The summed E-state index contributed by atoms with van der Waals surface area (Å²) in [5, 5.41) is 3.92. The number of amides is 1. The highest BCUT2D eigenvalue weighted by atomic mass is 19.1. The van der Waals surface area contributed by atoms with Crippen LogP contribution in [0.15, 0.2) is 24.3 Å². The zero-order valence-electron chi connectivity index (χ0n) is 14.0. The summed E-state index contributed by atoms with van der Waals surface area (Å²) in [6.07, 6.45) is 0. The first-order valence-electron chi connectivity index (χ1n) is 8.10. The van der Waals surface area contributed by atoms with E-state index in [0.29, 0.717) is 40.9 Å². The molecule has 128 valence electrons. The molecule has 3 aromatic rings. The van der Waals surface area contributed by atoms with Crippen molar-refractivity contribution in [3.63, 3.8) is 0 Å². The molecular formula is C19H18FN3O2. The molecule has 0 spiro atoms. The molecule has 5 nitrogen and oxygen atoms in total. The Morgan fingerprint density at radius 1 is 1.32 bits per heavy atom. The van der Waals surface area contributed by atoms with Crippen molar-refractivity contribution in [2.75, 3.05) is 18.5 Å². The van der Waals surface area contributed by atoms with Gasteiger partial charge in [-0.25, -0.2) is 4.39 Å². The fourth-order valence-corrected chi connectivity index (χ4v) is 3.45. The van der Waals surface area contributed by atoms with Gasteiger partial charge in [0.05, 0.1) is 16.8 Å². The molecule has 4 rings (SSSR count). The lowest BCUT2D eigenvalue weighted by atomic mass is 9.94. The van der Waals surface area contributed by atoms with Crippen LogP contribution in [0.1, 0.15) is 21.6 Å². The van der Waals surface area contributed by atoms with Crippen molar-refractivity contribution in [2.45, 2.75) is 13.8 Å². The number of primary amides is 1. The van der Waals surface area contributed by atoms with E-state index in [1.54, 1.807) is 0 Å². The maximum Gasteiger partial charge on any atom is 0.250 e. The summed E-state index contributed by atoms with van der Waals surface area (Å²) in [6, 6.07) is 6.79. The van der Waals surface area contributed by atoms with E-state index in [1.165, 1.54) is 6.07 Å². The number of ether oxygens (including phenoxy) is 1. The average Bonchev–Trinajstić information content (AvgIpc) is 2.89. The van der Waals surface area contributed by atoms with Crippen LogP contribution in [0.3, 0.4) is 0 Å². The number of fused-ring (bicyclic) bond motifs is 2. The SMILES string of the molecule is Cc1[nH]c2c(C(N)=O)cc(F)c(-c3cccc4c3OCCN4)c2c1C. The van der Waals surface area contributed by atoms with Crippen LogP contribution in [0.25, 0.3) is 22.0 Å². The maximum absolute atomic E-state index is 15.1. The number of carbonyl (C=O) groups excluding carboxylic acids is 1. The Morgan fingerprint density at radius 2 is 2.12 bits per heavy atom. The van der Waals surface area contributed by atoms with Crippen LogP contribution < -0.4 is 15.8 Å². The number of carbonyl (C=O) groups is 1. The van der Waals surface area contributed by atoms with E-state index in [1.807, 2.05) is 32.0 Å². The molecule has 25 heavy (non-hydrogen) atoms. The largest absolute Gasteiger partial charge is 0.489 e. The summed E-state index contributed by atoms with van der Waals surface area (Å²) in [4.78, 5) is 14.9. The second-order valence-corrected chi connectivity index (χ2v) is 6.23. The predicted octanol–water partition coefficient (Wildman–Crippen LogP) is 3.49. The molecule has 0 aliphatic carbocycles. The third-order valence-electron chi connectivity index (χ3n) is 4.74. The number of H-pyrrole nitrogens is 1. The Labute approximate surface area is 144 Å². The Bertz CT molecular complexity index is 1020. The lowest BCUT2D eigenvalue weighted by Crippen LogP contribution is -2.18. The van der Waals surface area contributed by atoms with Gasteiger partial charge in [0.25, 0.3) is 5.91 Å². The summed E-state index contributed by atoms with van der Waals surface area (Å²) in [5.41, 5.74) is 9.81. The molecule has 1 amide bonds. The second kappa shape index (κ2) is 5.51. The van der Waals surface area contributed by atoms with Gasteiger partial charge in [-0.1, -0.05) is 12.1 Å². The molecule has 1 aromatic heterocycles. The fraction of sp³-hybridized carbons (Fsp3) is 0.211. The van der Waals surface area contributed by atoms with Gasteiger partial charge in [0.15, 0.2) is 0 Å². The standard InChI is InChI=1S/C19H18FN3O2/c1-9-10(2)23-17-12(19(21)24)8-13(20)16(15(9)17)11-4-3-5-14-18(11)25-7-6-22-14/h3-5,8,22-23H,6-7H2,1-2H3,(H2,21,24). The number of rotatable bonds is 2. The zero-order chi connectivity index (χ0) is 17.7. The van der Waals surface area contributed by atoms with E-state index >= 15 is 4.39 Å². The lowest BCUT2D eigenvalue weighted by Gasteiger charge is -2.22. The van der Waals surface area contributed by atoms with Crippen LogP contribution >= 0.6 is 0 Å². The molecule has 2 heterocycles. The van der Waals surface area contributed by atoms with Crippen LogP contribution in [0.4, 0.5) is 10.1 Å². The molecule has 0 saturated heterocycles. The van der Waals surface area contributed by atoms with Crippen LogP contribution in [-0.2, 0) is 0 Å². The van der Waals surface area contributed by atoms with Gasteiger partial charge in [-0.15, -0.1) is 0 Å². The lowest BCUT2D eigenvalue weighted by molar-refractivity contribution is 0.100. The molecule has 0 fully saturated rings. The number of nitrogens with two attached hydrogens (primary N) is 1. The number of hydrogen-bond donors (Lipinski definition) is 3. The number of anilines is 1. The molecule has 1 aliphatic heterocycles. The number of aryl methyl sites for hydroxylation is 2. The van der Waals surface area contributed by atoms with E-state index in [2.05, 4.69) is 10.3 Å². The molecular weight excluding hydrogens is 321 g/mol. The van der Waals surface area contributed by atoms with Gasteiger partial charge < -0.3 is 20.8 Å². The number of aromatic amines is 1. The summed E-state index contributed by atoms with van der Waals surface area (Å²) in [7, 11) is 0. The summed E-state index contributed by atoms with van der Waals surface area (Å²) < 4.78 is 20.9. The molecule has 2 aromatic carbocycles. The summed E-state index contributed by atoms with van der Waals surface area (Å²) in [5.74, 6) is -0.533. The maximum atomic E-state index is 15.1. The van der Waals surface area contributed by atoms with Crippen molar-refractivity contribution in [3.05, 3.63) is 46.9 Å². The van der Waals surface area contributed by atoms with E-state index in [0.717, 1.165) is 16.9 Å². The molecule has 0 unspecified atom stereocenters. The number of hydrogen-bond acceptors (Lipinski definition) is 3. The summed E-state index contributed by atoms with van der Waals surface area (Å²) in [6.45, 7) is 5.01. The van der Waals surface area contributed by atoms with Gasteiger partial charge in [-0.2, -0.15) is 0 Å². The highest BCUT2D eigenvalue weighted by Gasteiger charge is 2.24. The van der Waals surface area contributed by atoms with E-state index in [9.17, 15) is 4.79 Å². The second-order valence-electron chi connectivity index (χ2n) is 6.23. The Hall–Kier alpha value is -3.02. The first kappa shape index (κ1) is 15.5. The monoisotopic (exact) mass is 339 g/mol. The number of aromatic nitrogens is 1. The van der Waals surface area contributed by atoms with E-state index in [4.69, 9.17) is 10.5 Å². The molecule has 0 saturated carbocycles. The van der Waals surface area contributed by atoms with Crippen molar-refractivity contribution < 1.29 is 13.9 Å². The van der Waals surface area contributed by atoms with Crippen molar-refractivity contribution >= 4 is 22.5 Å². The Morgan fingerprint density at radius 3 is 2.88 bits per heavy atom. The first-order valence-corrected chi connectivity index (χ1v) is 8.10. The average molecular weight is 339 g/mol. The molecule has 4 N–H and O–H groups in total. The van der Waals surface area contributed by atoms with Crippen molar-refractivity contribution in [1.82, 2.24) is 4.98 Å². The summed E-state index contributed by atoms with van der Waals surface area (Å²) >= 11 is 0. The third-order valence-corrected chi connectivity index (χ3v) is 4.74. The Kier molecular flexibility index (Phi) is 3.42. The highest BCUT2D eigenvalue weighted by molar-refractivity contribution is 6.11. The van der Waals surface area contributed by atoms with Gasteiger partial charge in [0.1, 0.15) is 18.2 Å². The normalized spacial score (nSPS) is 13.2. The topological polar surface area (TPSA) is 80.1 Å². The smallest absolute Gasteiger partial charge is 0.250 e. The van der Waals surface area contributed by atoms with Crippen LogP contribution in [0.5, 0.6) is 5.75 Å². The number of nitrogens with one attached hydrogen (secondary N) is 2. The molecule has 0 radical (unpaired) electrons. The van der Waals surface area contributed by atoms with Gasteiger partial charge in [-0.05, 0) is 31.5 Å². The van der Waals surface area contributed by atoms with E-state index in [-0.39, 0.29) is 5.56 Å². The molecule has 0 atom stereocenters. The number of para-hydroxylation sites is 1. The van der Waals surface area contributed by atoms with Crippen LogP contribution in [0.2, 0.25) is 0 Å². The van der Waals surface area contributed by atoms with Gasteiger partial charge in [0, 0.05) is 28.8 Å². The fourth-order valence-electron chi connectivity index (χ4n) is 3.45. The van der Waals surface area contributed by atoms with Crippen molar-refractivity contribution in [3.8, 4) is 16.9 Å². The minimum absolute atomic E-state index is 0.149. The van der Waals surface area contributed by atoms with Crippen LogP contribution in [-0.4, -0.2) is 24.0 Å². The van der Waals surface area contributed by atoms with E-state index < -0.39 is 11.7 Å². The number of benzene rings is 2. The third kappa shape index (κ3) is 2.25. The quantitative estimate of drug-likeness (QED) is 0.668. The van der Waals surface area contributed by atoms with Gasteiger partial charge >= 0.3 is 0 Å². The van der Waals surface area contributed by atoms with Gasteiger partial charge in [-0.3, -0.25) is 4.79 Å². The van der Waals surface area contributed by atoms with Crippen LogP contribution in [0, 0.1) is 19.7 Å². The highest BCUT2D eigenvalue weighted by Crippen LogP contribution is 2.44. The molecule has 6 heteroatoms. The van der Waals surface area contributed by atoms with Crippen molar-refractivity contribution in [2.24, 2.45) is 5.73 Å². The zero-order valence-corrected chi connectivity index (χ0v) is 14.0.